The lowest BCUT2D eigenvalue weighted by Gasteiger charge is -2.45. The van der Waals surface area contributed by atoms with Crippen molar-refractivity contribution in [3.8, 4) is 5.75 Å². The first-order valence-electron chi connectivity index (χ1n) is 9.75. The van der Waals surface area contributed by atoms with Crippen molar-refractivity contribution in [2.45, 2.75) is 37.5 Å². The van der Waals surface area contributed by atoms with Crippen LogP contribution < -0.4 is 9.64 Å². The molecule has 154 valence electrons. The van der Waals surface area contributed by atoms with E-state index in [0.717, 1.165) is 51.2 Å². The number of rotatable bonds is 4. The van der Waals surface area contributed by atoms with Gasteiger partial charge in [-0.1, -0.05) is 36.4 Å². The van der Waals surface area contributed by atoms with Gasteiger partial charge in [-0.3, -0.25) is 4.90 Å². The van der Waals surface area contributed by atoms with E-state index in [9.17, 15) is 5.11 Å². The van der Waals surface area contributed by atoms with Crippen LogP contribution in [-0.2, 0) is 0 Å². The Bertz CT molecular complexity index is 681. The molecule has 1 saturated heterocycles. The summed E-state index contributed by atoms with van der Waals surface area (Å²) < 4.78 is 6.09. The van der Waals surface area contributed by atoms with Gasteiger partial charge in [-0.15, -0.1) is 24.8 Å². The molecule has 0 spiro atoms. The number of hydrogen-bond acceptors (Lipinski definition) is 4. The van der Waals surface area contributed by atoms with Gasteiger partial charge >= 0.3 is 0 Å². The van der Waals surface area contributed by atoms with Crippen molar-refractivity contribution in [1.82, 2.24) is 4.90 Å². The molecule has 0 bridgehead atoms. The van der Waals surface area contributed by atoms with Gasteiger partial charge in [-0.05, 0) is 43.5 Å². The van der Waals surface area contributed by atoms with E-state index in [1.807, 2.05) is 30.3 Å². The number of aliphatic hydroxyl groups is 1. The summed E-state index contributed by atoms with van der Waals surface area (Å²) in [5.74, 6) is 0.853. The lowest BCUT2D eigenvalue weighted by molar-refractivity contribution is -0.0546. The molecule has 0 amide bonds. The van der Waals surface area contributed by atoms with Crippen LogP contribution in [0.2, 0.25) is 0 Å². The molecule has 2 fully saturated rings. The number of halogens is 2. The number of benzene rings is 2. The molecular weight excluding hydrogens is 395 g/mol. The van der Waals surface area contributed by atoms with Gasteiger partial charge < -0.3 is 14.7 Å². The van der Waals surface area contributed by atoms with E-state index in [-0.39, 0.29) is 37.0 Å². The molecule has 1 aliphatic heterocycles. The van der Waals surface area contributed by atoms with E-state index in [1.54, 1.807) is 0 Å². The molecule has 0 radical (unpaired) electrons. The van der Waals surface area contributed by atoms with Crippen molar-refractivity contribution in [3.63, 3.8) is 0 Å². The van der Waals surface area contributed by atoms with Crippen LogP contribution in [0.25, 0.3) is 0 Å². The van der Waals surface area contributed by atoms with Crippen LogP contribution in [0.1, 0.15) is 19.3 Å². The Kier molecular flexibility index (Phi) is 8.90. The molecule has 3 atom stereocenters. The molecule has 2 aliphatic rings. The number of hydrogen-bond donors (Lipinski definition) is 1. The van der Waals surface area contributed by atoms with E-state index in [2.05, 4.69) is 40.1 Å². The van der Waals surface area contributed by atoms with Gasteiger partial charge in [-0.25, -0.2) is 0 Å². The van der Waals surface area contributed by atoms with E-state index in [4.69, 9.17) is 4.74 Å². The maximum atomic E-state index is 10.9. The van der Waals surface area contributed by atoms with Gasteiger partial charge in [0, 0.05) is 37.9 Å². The zero-order valence-corrected chi connectivity index (χ0v) is 17.7. The van der Waals surface area contributed by atoms with E-state index in [0.29, 0.717) is 0 Å². The Balaban J connectivity index is 0.00000140. The highest BCUT2D eigenvalue weighted by Gasteiger charge is 2.37. The predicted molar refractivity (Wildman–Crippen MR) is 119 cm³/mol. The first kappa shape index (κ1) is 22.8. The zero-order chi connectivity index (χ0) is 17.8. The van der Waals surface area contributed by atoms with Crippen LogP contribution in [0.5, 0.6) is 5.75 Å². The van der Waals surface area contributed by atoms with Gasteiger partial charge in [0.05, 0.1) is 0 Å². The van der Waals surface area contributed by atoms with Gasteiger partial charge in [0.2, 0.25) is 0 Å². The van der Waals surface area contributed by atoms with Gasteiger partial charge in [0.15, 0.2) is 0 Å². The highest BCUT2D eigenvalue weighted by molar-refractivity contribution is 5.85. The summed E-state index contributed by atoms with van der Waals surface area (Å²) in [5, 5.41) is 10.9. The summed E-state index contributed by atoms with van der Waals surface area (Å²) >= 11 is 0. The Hall–Kier alpha value is -1.46. The van der Waals surface area contributed by atoms with E-state index >= 15 is 0 Å². The largest absolute Gasteiger partial charge is 0.488 e. The predicted octanol–water partition coefficient (Wildman–Crippen LogP) is 4.01. The van der Waals surface area contributed by atoms with Crippen LogP contribution in [0, 0.1) is 0 Å². The summed E-state index contributed by atoms with van der Waals surface area (Å²) in [6.07, 6.45) is 2.56. The number of nitrogens with zero attached hydrogens (tertiary/aromatic N) is 2. The maximum Gasteiger partial charge on any atom is 0.126 e. The van der Waals surface area contributed by atoms with Crippen molar-refractivity contribution < 1.29 is 9.84 Å². The van der Waals surface area contributed by atoms with Crippen LogP contribution in [-0.4, -0.2) is 54.4 Å². The van der Waals surface area contributed by atoms with Gasteiger partial charge in [0.1, 0.15) is 18.0 Å². The molecule has 1 N–H and O–H groups in total. The second-order valence-corrected chi connectivity index (χ2v) is 7.32. The minimum atomic E-state index is -0.424. The average Bonchev–Trinajstić information content (AvgIpc) is 2.71. The minimum Gasteiger partial charge on any atom is -0.488 e. The zero-order valence-electron chi connectivity index (χ0n) is 16.0. The number of anilines is 1. The second-order valence-electron chi connectivity index (χ2n) is 7.32. The van der Waals surface area contributed by atoms with Crippen LogP contribution in [0.15, 0.2) is 60.7 Å². The van der Waals surface area contributed by atoms with Crippen LogP contribution >= 0.6 is 24.8 Å². The third-order valence-electron chi connectivity index (χ3n) is 5.70. The number of piperazine rings is 1. The lowest BCUT2D eigenvalue weighted by Crippen LogP contribution is -2.58. The first-order chi connectivity index (χ1) is 12.8. The summed E-state index contributed by atoms with van der Waals surface area (Å²) in [7, 11) is 0. The molecule has 1 aliphatic carbocycles. The maximum absolute atomic E-state index is 10.9. The molecule has 0 aromatic heterocycles. The Morgan fingerprint density at radius 2 is 1.39 bits per heavy atom. The summed E-state index contributed by atoms with van der Waals surface area (Å²) in [4.78, 5) is 4.90. The monoisotopic (exact) mass is 424 g/mol. The molecule has 28 heavy (non-hydrogen) atoms. The molecule has 1 heterocycles. The molecule has 0 unspecified atom stereocenters. The van der Waals surface area contributed by atoms with Crippen LogP contribution in [0.4, 0.5) is 5.69 Å². The van der Waals surface area contributed by atoms with Gasteiger partial charge in [0.25, 0.3) is 0 Å². The summed E-state index contributed by atoms with van der Waals surface area (Å²) in [6, 6.07) is 20.7. The highest BCUT2D eigenvalue weighted by Crippen LogP contribution is 2.28. The van der Waals surface area contributed by atoms with Gasteiger partial charge in [-0.2, -0.15) is 0 Å². The van der Waals surface area contributed by atoms with Crippen molar-refractivity contribution in [3.05, 3.63) is 60.7 Å². The number of para-hydroxylation sites is 2. The summed E-state index contributed by atoms with van der Waals surface area (Å²) in [5.41, 5.74) is 1.29. The minimum absolute atomic E-state index is 0. The Morgan fingerprint density at radius 1 is 0.786 bits per heavy atom. The normalized spacial score (nSPS) is 25.3. The molecule has 4 rings (SSSR count). The van der Waals surface area contributed by atoms with Crippen molar-refractivity contribution >= 4 is 30.5 Å². The molecule has 6 heteroatoms. The SMILES string of the molecule is Cl.Cl.O[C@@H]1[C@@H](Oc2ccccc2)CCC[C@H]1N1CCN(c2ccccc2)CC1. The number of aliphatic hydroxyl groups excluding tert-OH is 1. The molecular formula is C22H30Cl2N2O2. The third-order valence-corrected chi connectivity index (χ3v) is 5.70. The highest BCUT2D eigenvalue weighted by atomic mass is 35.5. The molecule has 4 nitrogen and oxygen atoms in total. The fourth-order valence-electron chi connectivity index (χ4n) is 4.27. The lowest BCUT2D eigenvalue weighted by atomic mass is 9.88. The molecule has 2 aromatic rings. The van der Waals surface area contributed by atoms with Crippen molar-refractivity contribution in [2.75, 3.05) is 31.1 Å². The van der Waals surface area contributed by atoms with Crippen LogP contribution in [0.3, 0.4) is 0 Å². The topological polar surface area (TPSA) is 35.9 Å². The smallest absolute Gasteiger partial charge is 0.126 e. The first-order valence-corrected chi connectivity index (χ1v) is 9.75. The fraction of sp³-hybridized carbons (Fsp3) is 0.455. The molecule has 2 aromatic carbocycles. The third kappa shape index (κ3) is 5.32. The quantitative estimate of drug-likeness (QED) is 0.803. The second kappa shape index (κ2) is 10.9. The van der Waals surface area contributed by atoms with Crippen molar-refractivity contribution in [2.24, 2.45) is 0 Å². The Morgan fingerprint density at radius 3 is 2.04 bits per heavy atom. The Labute approximate surface area is 180 Å². The fourth-order valence-corrected chi connectivity index (χ4v) is 4.27. The summed E-state index contributed by atoms with van der Waals surface area (Å²) in [6.45, 7) is 4.01. The standard InChI is InChI=1S/C22H28N2O2.2ClH/c25-22-20(12-7-13-21(22)26-19-10-5-2-6-11-19)24-16-14-23(15-17-24)18-8-3-1-4-9-18;;/h1-6,8-11,20-22,25H,7,12-17H2;2*1H/t20-,21+,22+;;/m1../s1. The van der Waals surface area contributed by atoms with E-state index in [1.165, 1.54) is 5.69 Å². The average molecular weight is 425 g/mol. The molecule has 1 saturated carbocycles. The number of ether oxygens (including phenoxy) is 1. The van der Waals surface area contributed by atoms with Crippen molar-refractivity contribution in [1.29, 1.82) is 0 Å². The van der Waals surface area contributed by atoms with E-state index < -0.39 is 6.10 Å².